The van der Waals surface area contributed by atoms with Crippen molar-refractivity contribution in [2.75, 3.05) is 0 Å². The van der Waals surface area contributed by atoms with Crippen LogP contribution in [0.1, 0.15) is 73.6 Å². The molecule has 0 heteroatoms. The fourth-order valence-corrected chi connectivity index (χ4v) is 2.43. The lowest BCUT2D eigenvalue weighted by atomic mass is 9.69. The second-order valence-electron chi connectivity index (χ2n) is 5.45. The lowest BCUT2D eigenvalue weighted by molar-refractivity contribution is 0.142. The summed E-state index contributed by atoms with van der Waals surface area (Å²) in [6, 6.07) is 0. The van der Waals surface area contributed by atoms with Crippen LogP contribution in [-0.4, -0.2) is 0 Å². The zero-order chi connectivity index (χ0) is 11.2. The third-order valence-corrected chi connectivity index (χ3v) is 4.12. The maximum Gasteiger partial charge on any atom is -0.0300 e. The van der Waals surface area contributed by atoms with Crippen molar-refractivity contribution >= 4 is 0 Å². The van der Waals surface area contributed by atoms with Crippen LogP contribution in [0.15, 0.2) is 0 Å². The van der Waals surface area contributed by atoms with Crippen molar-refractivity contribution in [2.24, 2.45) is 17.3 Å². The molecule has 0 aliphatic heterocycles. The van der Waals surface area contributed by atoms with Gasteiger partial charge in [0.1, 0.15) is 0 Å². The highest BCUT2D eigenvalue weighted by atomic mass is 14.3. The first-order chi connectivity index (χ1) is 6.50. The van der Waals surface area contributed by atoms with Crippen molar-refractivity contribution in [1.29, 1.82) is 0 Å². The van der Waals surface area contributed by atoms with Crippen LogP contribution in [0.2, 0.25) is 0 Å². The van der Waals surface area contributed by atoms with Gasteiger partial charge >= 0.3 is 0 Å². The van der Waals surface area contributed by atoms with Gasteiger partial charge in [0.05, 0.1) is 0 Å². The van der Waals surface area contributed by atoms with Crippen LogP contribution < -0.4 is 0 Å². The zero-order valence-corrected chi connectivity index (χ0v) is 11.2. The van der Waals surface area contributed by atoms with E-state index in [1.807, 2.05) is 0 Å². The topological polar surface area (TPSA) is 0 Å². The molecule has 0 heterocycles. The van der Waals surface area contributed by atoms with Crippen molar-refractivity contribution in [3.05, 3.63) is 0 Å². The molecule has 0 nitrogen and oxygen atoms in total. The average Bonchev–Trinajstić information content (AvgIpc) is 2.14. The Bertz CT molecular complexity index is 133. The highest BCUT2D eigenvalue weighted by Crippen LogP contribution is 2.40. The van der Waals surface area contributed by atoms with E-state index in [1.54, 1.807) is 0 Å². The van der Waals surface area contributed by atoms with Gasteiger partial charge in [0.25, 0.3) is 0 Å². The Labute approximate surface area is 91.5 Å². The summed E-state index contributed by atoms with van der Waals surface area (Å²) in [6.45, 7) is 14.2. The molecule has 0 saturated heterocycles. The maximum absolute atomic E-state index is 2.49. The summed E-state index contributed by atoms with van der Waals surface area (Å²) < 4.78 is 0. The smallest absolute Gasteiger partial charge is 0.0300 e. The monoisotopic (exact) mass is 198 g/mol. The molecule has 0 spiro atoms. The lowest BCUT2D eigenvalue weighted by Gasteiger charge is -2.36. The molecule has 0 radical (unpaired) electrons. The first-order valence-corrected chi connectivity index (χ1v) is 6.50. The van der Waals surface area contributed by atoms with Crippen LogP contribution in [0.4, 0.5) is 0 Å². The largest absolute Gasteiger partial charge is 0.0654 e. The molecule has 0 aromatic heterocycles. The van der Waals surface area contributed by atoms with Gasteiger partial charge in [-0.25, -0.2) is 0 Å². The fourth-order valence-electron chi connectivity index (χ4n) is 2.43. The van der Waals surface area contributed by atoms with Gasteiger partial charge in [0, 0.05) is 0 Å². The molecule has 0 saturated carbocycles. The number of hydrogen-bond donors (Lipinski definition) is 0. The van der Waals surface area contributed by atoms with Crippen LogP contribution in [0, 0.1) is 17.3 Å². The summed E-state index contributed by atoms with van der Waals surface area (Å²) in [7, 11) is 0. The highest BCUT2D eigenvalue weighted by molar-refractivity contribution is 4.79. The molecular formula is C14H30. The van der Waals surface area contributed by atoms with Crippen LogP contribution in [-0.2, 0) is 0 Å². The van der Waals surface area contributed by atoms with E-state index in [9.17, 15) is 0 Å². The number of hydrogen-bond acceptors (Lipinski definition) is 0. The standard InChI is InChI=1S/C14H30/c1-7-10-14(6,12(4)5)11-13(8-2)9-3/h12-13H,7-11H2,1-6H3. The molecule has 0 N–H and O–H groups in total. The SMILES string of the molecule is CCCC(C)(CC(CC)CC)C(C)C. The van der Waals surface area contributed by atoms with Gasteiger partial charge in [-0.15, -0.1) is 0 Å². The van der Waals surface area contributed by atoms with E-state index in [0.717, 1.165) is 11.8 Å². The van der Waals surface area contributed by atoms with Gasteiger partial charge in [-0.1, -0.05) is 60.8 Å². The summed E-state index contributed by atoms with van der Waals surface area (Å²) in [5, 5.41) is 0. The maximum atomic E-state index is 2.49. The second kappa shape index (κ2) is 6.48. The molecule has 1 unspecified atom stereocenters. The van der Waals surface area contributed by atoms with Crippen molar-refractivity contribution in [2.45, 2.75) is 73.6 Å². The first-order valence-electron chi connectivity index (χ1n) is 6.50. The minimum Gasteiger partial charge on any atom is -0.0654 e. The van der Waals surface area contributed by atoms with Gasteiger partial charge in [-0.3, -0.25) is 0 Å². The Morgan fingerprint density at radius 2 is 1.50 bits per heavy atom. The molecule has 0 rings (SSSR count). The summed E-state index contributed by atoms with van der Waals surface area (Å²) in [4.78, 5) is 0. The van der Waals surface area contributed by atoms with E-state index in [0.29, 0.717) is 5.41 Å². The van der Waals surface area contributed by atoms with E-state index >= 15 is 0 Å². The fraction of sp³-hybridized carbons (Fsp3) is 1.00. The molecule has 0 aliphatic carbocycles. The Hall–Kier alpha value is 0. The number of rotatable bonds is 7. The Kier molecular flexibility index (Phi) is 6.48. The molecule has 86 valence electrons. The van der Waals surface area contributed by atoms with Gasteiger partial charge in [-0.2, -0.15) is 0 Å². The summed E-state index contributed by atoms with van der Waals surface area (Å²) in [5.41, 5.74) is 0.575. The molecular weight excluding hydrogens is 168 g/mol. The van der Waals surface area contributed by atoms with Crippen molar-refractivity contribution in [3.63, 3.8) is 0 Å². The molecule has 0 aliphatic rings. The Balaban J connectivity index is 4.34. The van der Waals surface area contributed by atoms with Crippen molar-refractivity contribution < 1.29 is 0 Å². The average molecular weight is 198 g/mol. The van der Waals surface area contributed by atoms with E-state index in [2.05, 4.69) is 41.5 Å². The lowest BCUT2D eigenvalue weighted by Crippen LogP contribution is -2.26. The third kappa shape index (κ3) is 4.02. The van der Waals surface area contributed by atoms with Gasteiger partial charge < -0.3 is 0 Å². The van der Waals surface area contributed by atoms with Crippen LogP contribution in [0.5, 0.6) is 0 Å². The molecule has 0 fully saturated rings. The van der Waals surface area contributed by atoms with Crippen LogP contribution >= 0.6 is 0 Å². The summed E-state index contributed by atoms with van der Waals surface area (Å²) >= 11 is 0. The van der Waals surface area contributed by atoms with Gasteiger partial charge in [0.2, 0.25) is 0 Å². The van der Waals surface area contributed by atoms with Crippen LogP contribution in [0.25, 0.3) is 0 Å². The summed E-state index contributed by atoms with van der Waals surface area (Å²) in [6.07, 6.45) is 6.84. The van der Waals surface area contributed by atoms with E-state index in [-0.39, 0.29) is 0 Å². The van der Waals surface area contributed by atoms with Crippen LogP contribution in [0.3, 0.4) is 0 Å². The molecule has 0 bridgehead atoms. The third-order valence-electron chi connectivity index (χ3n) is 4.12. The predicted molar refractivity (Wildman–Crippen MR) is 66.5 cm³/mol. The Morgan fingerprint density at radius 1 is 1.00 bits per heavy atom. The van der Waals surface area contributed by atoms with Crippen molar-refractivity contribution in [1.82, 2.24) is 0 Å². The minimum absolute atomic E-state index is 0.575. The van der Waals surface area contributed by atoms with Gasteiger partial charge in [0.15, 0.2) is 0 Å². The quantitative estimate of drug-likeness (QED) is 0.522. The highest BCUT2D eigenvalue weighted by Gasteiger charge is 2.29. The first kappa shape index (κ1) is 14.0. The Morgan fingerprint density at radius 3 is 1.79 bits per heavy atom. The minimum atomic E-state index is 0.575. The molecule has 0 amide bonds. The second-order valence-corrected chi connectivity index (χ2v) is 5.45. The normalized spacial score (nSPS) is 16.3. The molecule has 1 atom stereocenters. The molecule has 0 aromatic carbocycles. The van der Waals surface area contributed by atoms with E-state index in [1.165, 1.54) is 32.1 Å². The zero-order valence-electron chi connectivity index (χ0n) is 11.2. The summed E-state index contributed by atoms with van der Waals surface area (Å²) in [5.74, 6) is 1.76. The van der Waals surface area contributed by atoms with E-state index in [4.69, 9.17) is 0 Å². The molecule has 14 heavy (non-hydrogen) atoms. The predicted octanol–water partition coefficient (Wildman–Crippen LogP) is 5.28. The van der Waals surface area contributed by atoms with Gasteiger partial charge in [-0.05, 0) is 30.1 Å². The molecule has 0 aromatic rings. The van der Waals surface area contributed by atoms with E-state index < -0.39 is 0 Å². The van der Waals surface area contributed by atoms with Crippen molar-refractivity contribution in [3.8, 4) is 0 Å².